The van der Waals surface area contributed by atoms with Gasteiger partial charge in [-0.15, -0.1) is 0 Å². The van der Waals surface area contributed by atoms with E-state index in [1.54, 1.807) is 4.90 Å². The molecule has 3 aromatic rings. The summed E-state index contributed by atoms with van der Waals surface area (Å²) in [5.41, 5.74) is 2.46. The van der Waals surface area contributed by atoms with E-state index in [0.717, 1.165) is 16.7 Å². The van der Waals surface area contributed by atoms with Crippen molar-refractivity contribution in [3.63, 3.8) is 0 Å². The summed E-state index contributed by atoms with van der Waals surface area (Å²) in [6, 6.07) is 26.1. The Kier molecular flexibility index (Phi) is 6.71. The molecule has 2 amide bonds. The number of likely N-dealkylation sites (tertiary alicyclic amines) is 1. The van der Waals surface area contributed by atoms with Gasteiger partial charge in [0.25, 0.3) is 0 Å². The standard InChI is InChI=1S/C29H28N2O5/c32-27(25(21-12-6-2-7-13-21)22-14-8-3-9-15-22)30-18-23-16-17-24(26(30)28(33)34)31(23)29(35)36-19-20-10-4-1-5-11-20/h1-15,23-26H,16-19H2,(H,33,34)/t23-,24+,26-/m0/s1. The van der Waals surface area contributed by atoms with Crippen LogP contribution in [0.4, 0.5) is 4.79 Å². The topological polar surface area (TPSA) is 87.2 Å². The summed E-state index contributed by atoms with van der Waals surface area (Å²) >= 11 is 0. The molecular formula is C29H28N2O5. The van der Waals surface area contributed by atoms with Gasteiger partial charge < -0.3 is 14.7 Å². The van der Waals surface area contributed by atoms with Gasteiger partial charge in [0.2, 0.25) is 5.91 Å². The molecule has 3 aromatic carbocycles. The molecule has 36 heavy (non-hydrogen) atoms. The molecular weight excluding hydrogens is 456 g/mol. The van der Waals surface area contributed by atoms with Crippen molar-refractivity contribution in [2.45, 2.75) is 43.5 Å². The zero-order chi connectivity index (χ0) is 25.1. The highest BCUT2D eigenvalue weighted by atomic mass is 16.6. The molecule has 0 radical (unpaired) electrons. The number of hydrogen-bond acceptors (Lipinski definition) is 4. The van der Waals surface area contributed by atoms with Gasteiger partial charge in [-0.1, -0.05) is 91.0 Å². The Balaban J connectivity index is 1.41. The number of carboxylic acid groups (broad SMARTS) is 1. The van der Waals surface area contributed by atoms with Gasteiger partial charge in [0.1, 0.15) is 12.6 Å². The molecule has 7 heteroatoms. The number of amides is 2. The summed E-state index contributed by atoms with van der Waals surface area (Å²) in [7, 11) is 0. The molecule has 2 aliphatic rings. The number of carbonyl (C=O) groups is 3. The number of carboxylic acids is 1. The summed E-state index contributed by atoms with van der Waals surface area (Å²) in [4.78, 5) is 42.7. The summed E-state index contributed by atoms with van der Waals surface area (Å²) in [6.07, 6.45) is 0.597. The number of benzene rings is 3. The van der Waals surface area contributed by atoms with E-state index in [1.165, 1.54) is 4.90 Å². The van der Waals surface area contributed by atoms with Gasteiger partial charge in [-0.3, -0.25) is 9.69 Å². The van der Waals surface area contributed by atoms with Crippen LogP contribution in [0.15, 0.2) is 91.0 Å². The van der Waals surface area contributed by atoms with Crippen LogP contribution in [0.1, 0.15) is 35.4 Å². The first-order chi connectivity index (χ1) is 17.5. The summed E-state index contributed by atoms with van der Waals surface area (Å²) in [5.74, 6) is -2.02. The predicted molar refractivity (Wildman–Crippen MR) is 133 cm³/mol. The van der Waals surface area contributed by atoms with Gasteiger partial charge in [-0.05, 0) is 29.5 Å². The minimum absolute atomic E-state index is 0.111. The molecule has 7 nitrogen and oxygen atoms in total. The van der Waals surface area contributed by atoms with Crippen LogP contribution in [0.2, 0.25) is 0 Å². The maximum absolute atomic E-state index is 14.0. The molecule has 0 saturated carbocycles. The summed E-state index contributed by atoms with van der Waals surface area (Å²) in [5, 5.41) is 10.2. The predicted octanol–water partition coefficient (Wildman–Crippen LogP) is 4.28. The average molecular weight is 485 g/mol. The third-order valence-corrected chi connectivity index (χ3v) is 7.12. The van der Waals surface area contributed by atoms with Crippen LogP contribution in [0, 0.1) is 0 Å². The van der Waals surface area contributed by atoms with Crippen molar-refractivity contribution in [2.24, 2.45) is 0 Å². The monoisotopic (exact) mass is 484 g/mol. The Labute approximate surface area is 209 Å². The number of fused-ring (bicyclic) bond motifs is 2. The summed E-state index contributed by atoms with van der Waals surface area (Å²) in [6.45, 7) is 0.267. The maximum atomic E-state index is 14.0. The molecule has 0 spiro atoms. The van der Waals surface area contributed by atoms with Gasteiger partial charge in [0.15, 0.2) is 0 Å². The Morgan fingerprint density at radius 2 is 1.39 bits per heavy atom. The first-order valence-corrected chi connectivity index (χ1v) is 12.2. The van der Waals surface area contributed by atoms with Crippen LogP contribution in [0.5, 0.6) is 0 Å². The lowest BCUT2D eigenvalue weighted by molar-refractivity contribution is -0.156. The van der Waals surface area contributed by atoms with E-state index >= 15 is 0 Å². The van der Waals surface area contributed by atoms with Crippen molar-refractivity contribution in [1.29, 1.82) is 0 Å². The fraction of sp³-hybridized carbons (Fsp3) is 0.276. The Morgan fingerprint density at radius 3 is 1.94 bits per heavy atom. The molecule has 0 unspecified atom stereocenters. The van der Waals surface area contributed by atoms with Crippen LogP contribution in [-0.2, 0) is 20.9 Å². The second-order valence-electron chi connectivity index (χ2n) is 9.27. The van der Waals surface area contributed by atoms with E-state index in [0.29, 0.717) is 12.8 Å². The van der Waals surface area contributed by atoms with E-state index in [-0.39, 0.29) is 25.1 Å². The van der Waals surface area contributed by atoms with E-state index in [1.807, 2.05) is 91.0 Å². The molecule has 1 N–H and O–H groups in total. The van der Waals surface area contributed by atoms with Crippen molar-refractivity contribution >= 4 is 18.0 Å². The van der Waals surface area contributed by atoms with E-state index in [4.69, 9.17) is 4.74 Å². The largest absolute Gasteiger partial charge is 0.480 e. The smallest absolute Gasteiger partial charge is 0.410 e. The molecule has 2 bridgehead atoms. The Bertz CT molecular complexity index is 1180. The Morgan fingerprint density at radius 1 is 0.833 bits per heavy atom. The molecule has 3 atom stereocenters. The first-order valence-electron chi connectivity index (χ1n) is 12.2. The molecule has 184 valence electrons. The van der Waals surface area contributed by atoms with Crippen molar-refractivity contribution in [3.05, 3.63) is 108 Å². The van der Waals surface area contributed by atoms with Gasteiger partial charge in [-0.25, -0.2) is 9.59 Å². The second-order valence-corrected chi connectivity index (χ2v) is 9.27. The normalized spacial score (nSPS) is 20.9. The fourth-order valence-corrected chi connectivity index (χ4v) is 5.49. The second kappa shape index (κ2) is 10.2. The molecule has 0 aliphatic carbocycles. The molecule has 2 saturated heterocycles. The highest BCUT2D eigenvalue weighted by Crippen LogP contribution is 2.38. The van der Waals surface area contributed by atoms with E-state index < -0.39 is 30.1 Å². The van der Waals surface area contributed by atoms with Crippen molar-refractivity contribution in [3.8, 4) is 0 Å². The van der Waals surface area contributed by atoms with Gasteiger partial charge >= 0.3 is 12.1 Å². The van der Waals surface area contributed by atoms with Gasteiger partial charge in [0.05, 0.1) is 18.0 Å². The quantitative estimate of drug-likeness (QED) is 0.564. The fourth-order valence-electron chi connectivity index (χ4n) is 5.49. The van der Waals surface area contributed by atoms with Crippen LogP contribution < -0.4 is 0 Å². The maximum Gasteiger partial charge on any atom is 0.410 e. The Hall–Kier alpha value is -4.13. The van der Waals surface area contributed by atoms with E-state index in [9.17, 15) is 19.5 Å². The molecule has 2 fully saturated rings. The number of rotatable bonds is 6. The highest BCUT2D eigenvalue weighted by molar-refractivity contribution is 5.92. The number of piperazine rings is 1. The lowest BCUT2D eigenvalue weighted by Crippen LogP contribution is -2.65. The number of carbonyl (C=O) groups excluding carboxylic acids is 2. The third-order valence-electron chi connectivity index (χ3n) is 7.12. The lowest BCUT2D eigenvalue weighted by Gasteiger charge is -2.45. The van der Waals surface area contributed by atoms with Gasteiger partial charge in [0, 0.05) is 6.54 Å². The number of nitrogens with zero attached hydrogens (tertiary/aromatic N) is 2. The average Bonchev–Trinajstić information content (AvgIpc) is 3.21. The lowest BCUT2D eigenvalue weighted by atomic mass is 9.88. The van der Waals surface area contributed by atoms with Crippen LogP contribution in [-0.4, -0.2) is 57.5 Å². The molecule has 2 aliphatic heterocycles. The van der Waals surface area contributed by atoms with Crippen molar-refractivity contribution < 1.29 is 24.2 Å². The highest BCUT2D eigenvalue weighted by Gasteiger charge is 2.54. The van der Waals surface area contributed by atoms with Crippen molar-refractivity contribution in [2.75, 3.05) is 6.54 Å². The SMILES string of the molecule is O=C(O)[C@@H]1[C@H]2CC[C@@H](CN1C(=O)C(c1ccccc1)c1ccccc1)N2C(=O)OCc1ccccc1. The summed E-state index contributed by atoms with van der Waals surface area (Å²) < 4.78 is 5.55. The number of ether oxygens (including phenoxy) is 1. The minimum atomic E-state index is -1.14. The number of hydrogen-bond donors (Lipinski definition) is 1. The number of aliphatic carboxylic acids is 1. The molecule has 0 aromatic heterocycles. The van der Waals surface area contributed by atoms with Crippen molar-refractivity contribution in [1.82, 2.24) is 9.80 Å². The zero-order valence-corrected chi connectivity index (χ0v) is 19.8. The zero-order valence-electron chi connectivity index (χ0n) is 19.8. The van der Waals surface area contributed by atoms with Gasteiger partial charge in [-0.2, -0.15) is 0 Å². The first kappa shape index (κ1) is 23.6. The third kappa shape index (κ3) is 4.56. The van der Waals surface area contributed by atoms with E-state index in [2.05, 4.69) is 0 Å². The minimum Gasteiger partial charge on any atom is -0.480 e. The van der Waals surface area contributed by atoms with Crippen LogP contribution >= 0.6 is 0 Å². The van der Waals surface area contributed by atoms with Crippen LogP contribution in [0.25, 0.3) is 0 Å². The molecule has 5 rings (SSSR count). The molecule has 2 heterocycles. The van der Waals surface area contributed by atoms with Crippen LogP contribution in [0.3, 0.4) is 0 Å².